The van der Waals surface area contributed by atoms with Gasteiger partial charge in [0, 0.05) is 5.39 Å². The number of aromatic amines is 1. The maximum Gasteiger partial charge on any atom is 0.181 e. The fraction of sp³-hybridized carbons (Fsp3) is 0.250. The van der Waals surface area contributed by atoms with E-state index in [1.54, 1.807) is 13.3 Å². The van der Waals surface area contributed by atoms with Crippen molar-refractivity contribution in [3.8, 4) is 22.9 Å². The molecule has 0 aliphatic carbocycles. The summed E-state index contributed by atoms with van der Waals surface area (Å²) in [5.74, 6) is 3.40. The van der Waals surface area contributed by atoms with Gasteiger partial charge in [0.1, 0.15) is 29.2 Å². The minimum Gasteiger partial charge on any atom is -0.495 e. The summed E-state index contributed by atoms with van der Waals surface area (Å²) in [4.78, 5) is 16.1. The summed E-state index contributed by atoms with van der Waals surface area (Å²) >= 11 is 1.83. The van der Waals surface area contributed by atoms with Gasteiger partial charge in [0.15, 0.2) is 5.65 Å². The highest BCUT2D eigenvalue weighted by atomic mass is 32.2. The highest BCUT2D eigenvalue weighted by molar-refractivity contribution is 7.98. The molecule has 0 atom stereocenters. The SMILES string of the molecule is COc1c(-c2nc3ncncc3[nH]2)ccc2ccc(OCCCSC)cc12. The van der Waals surface area contributed by atoms with Crippen LogP contribution in [0.1, 0.15) is 6.42 Å². The Morgan fingerprint density at radius 2 is 2.07 bits per heavy atom. The van der Waals surface area contributed by atoms with Crippen molar-refractivity contribution in [3.63, 3.8) is 0 Å². The maximum absolute atomic E-state index is 5.90. The monoisotopic (exact) mass is 380 g/mol. The highest BCUT2D eigenvalue weighted by Crippen LogP contribution is 2.37. The highest BCUT2D eigenvalue weighted by Gasteiger charge is 2.15. The Bertz CT molecular complexity index is 1050. The van der Waals surface area contributed by atoms with Crippen LogP contribution in [0.15, 0.2) is 42.9 Å². The second-order valence-electron chi connectivity index (χ2n) is 6.07. The van der Waals surface area contributed by atoms with Crippen LogP contribution in [-0.4, -0.2) is 45.7 Å². The number of benzene rings is 2. The Kier molecular flexibility index (Phi) is 5.11. The van der Waals surface area contributed by atoms with Crippen molar-refractivity contribution in [1.29, 1.82) is 0 Å². The van der Waals surface area contributed by atoms with Crippen LogP contribution in [0.3, 0.4) is 0 Å². The third-order valence-corrected chi connectivity index (χ3v) is 5.02. The first-order chi connectivity index (χ1) is 13.3. The van der Waals surface area contributed by atoms with E-state index in [0.717, 1.165) is 45.5 Å². The van der Waals surface area contributed by atoms with E-state index in [1.165, 1.54) is 6.33 Å². The van der Waals surface area contributed by atoms with Gasteiger partial charge < -0.3 is 14.5 Å². The molecular weight excluding hydrogens is 360 g/mol. The zero-order valence-electron chi connectivity index (χ0n) is 15.2. The molecule has 4 rings (SSSR count). The van der Waals surface area contributed by atoms with E-state index in [1.807, 2.05) is 30.0 Å². The lowest BCUT2D eigenvalue weighted by Gasteiger charge is -2.12. The number of ether oxygens (including phenoxy) is 2. The third kappa shape index (κ3) is 3.55. The van der Waals surface area contributed by atoms with Gasteiger partial charge in [-0.1, -0.05) is 12.1 Å². The molecule has 0 fully saturated rings. The molecule has 27 heavy (non-hydrogen) atoms. The Labute approximate surface area is 161 Å². The number of nitrogens with zero attached hydrogens (tertiary/aromatic N) is 3. The predicted octanol–water partition coefficient (Wildman–Crippen LogP) is 4.31. The van der Waals surface area contributed by atoms with Gasteiger partial charge in [-0.3, -0.25) is 0 Å². The molecule has 0 saturated carbocycles. The summed E-state index contributed by atoms with van der Waals surface area (Å²) in [5.41, 5.74) is 2.30. The summed E-state index contributed by atoms with van der Waals surface area (Å²) in [6.07, 6.45) is 6.33. The fourth-order valence-corrected chi connectivity index (χ4v) is 3.46. The normalized spacial score (nSPS) is 11.2. The van der Waals surface area contributed by atoms with Crippen LogP contribution in [0.4, 0.5) is 0 Å². The number of H-pyrrole nitrogens is 1. The van der Waals surface area contributed by atoms with Crippen LogP contribution in [-0.2, 0) is 0 Å². The number of fused-ring (bicyclic) bond motifs is 2. The van der Waals surface area contributed by atoms with E-state index < -0.39 is 0 Å². The number of methoxy groups -OCH3 is 1. The number of thioether (sulfide) groups is 1. The predicted molar refractivity (Wildman–Crippen MR) is 110 cm³/mol. The van der Waals surface area contributed by atoms with Crippen LogP contribution >= 0.6 is 11.8 Å². The molecule has 0 radical (unpaired) electrons. The van der Waals surface area contributed by atoms with Gasteiger partial charge in [0.25, 0.3) is 0 Å². The Balaban J connectivity index is 1.74. The molecule has 0 saturated heterocycles. The van der Waals surface area contributed by atoms with Crippen LogP contribution in [0.25, 0.3) is 33.3 Å². The lowest BCUT2D eigenvalue weighted by Crippen LogP contribution is -1.99. The number of aromatic nitrogens is 4. The molecule has 1 N–H and O–H groups in total. The summed E-state index contributed by atoms with van der Waals surface area (Å²) in [6, 6.07) is 10.1. The lowest BCUT2D eigenvalue weighted by molar-refractivity contribution is 0.319. The zero-order chi connectivity index (χ0) is 18.6. The quantitative estimate of drug-likeness (QED) is 0.482. The first-order valence-electron chi connectivity index (χ1n) is 8.68. The van der Waals surface area contributed by atoms with E-state index in [-0.39, 0.29) is 0 Å². The topological polar surface area (TPSA) is 72.9 Å². The Hall–Kier alpha value is -2.80. The van der Waals surface area contributed by atoms with Gasteiger partial charge >= 0.3 is 0 Å². The van der Waals surface area contributed by atoms with Gasteiger partial charge in [-0.2, -0.15) is 11.8 Å². The standard InChI is InChI=1S/C20H20N4O2S/c1-25-18-15(19-23-17-11-21-12-22-20(17)24-19)7-5-13-4-6-14(10-16(13)18)26-8-3-9-27-2/h4-7,10-12H,3,8-9H2,1-2H3,(H,21,22,23,24). The number of hydrogen-bond acceptors (Lipinski definition) is 6. The molecule has 2 aromatic carbocycles. The van der Waals surface area contributed by atoms with Gasteiger partial charge in [-0.15, -0.1) is 0 Å². The van der Waals surface area contributed by atoms with E-state index in [0.29, 0.717) is 18.1 Å². The third-order valence-electron chi connectivity index (χ3n) is 4.33. The van der Waals surface area contributed by atoms with E-state index in [2.05, 4.69) is 38.3 Å². The zero-order valence-corrected chi connectivity index (χ0v) is 16.0. The molecule has 6 nitrogen and oxygen atoms in total. The molecular formula is C20H20N4O2S. The summed E-state index contributed by atoms with van der Waals surface area (Å²) in [5, 5.41) is 2.08. The van der Waals surface area contributed by atoms with E-state index in [9.17, 15) is 0 Å². The van der Waals surface area contributed by atoms with Crippen LogP contribution in [0.2, 0.25) is 0 Å². The molecule has 0 unspecified atom stereocenters. The Morgan fingerprint density at radius 3 is 2.89 bits per heavy atom. The van der Waals surface area contributed by atoms with Crippen molar-refractivity contribution >= 4 is 33.7 Å². The molecule has 0 spiro atoms. The second-order valence-corrected chi connectivity index (χ2v) is 7.06. The number of imidazole rings is 1. The molecule has 2 heterocycles. The van der Waals surface area contributed by atoms with Crippen molar-refractivity contribution in [3.05, 3.63) is 42.9 Å². The number of nitrogens with one attached hydrogen (secondary N) is 1. The minimum atomic E-state index is 0.632. The fourth-order valence-electron chi connectivity index (χ4n) is 3.05. The minimum absolute atomic E-state index is 0.632. The summed E-state index contributed by atoms with van der Waals surface area (Å²) in [7, 11) is 1.67. The van der Waals surface area contributed by atoms with Gasteiger partial charge in [-0.05, 0) is 42.0 Å². The molecule has 0 aliphatic rings. The number of hydrogen-bond donors (Lipinski definition) is 1. The average molecular weight is 380 g/mol. The molecule has 2 aromatic heterocycles. The Morgan fingerprint density at radius 1 is 1.19 bits per heavy atom. The smallest absolute Gasteiger partial charge is 0.181 e. The first-order valence-corrected chi connectivity index (χ1v) is 10.1. The van der Waals surface area contributed by atoms with Crippen molar-refractivity contribution in [2.24, 2.45) is 0 Å². The first kappa shape index (κ1) is 17.6. The molecule has 0 amide bonds. The lowest BCUT2D eigenvalue weighted by atomic mass is 10.0. The number of rotatable bonds is 7. The second kappa shape index (κ2) is 7.84. The van der Waals surface area contributed by atoms with Crippen LogP contribution in [0.5, 0.6) is 11.5 Å². The van der Waals surface area contributed by atoms with E-state index in [4.69, 9.17) is 9.47 Å². The van der Waals surface area contributed by atoms with Crippen molar-refractivity contribution < 1.29 is 9.47 Å². The molecule has 4 aromatic rings. The van der Waals surface area contributed by atoms with Crippen molar-refractivity contribution in [1.82, 2.24) is 19.9 Å². The molecule has 7 heteroatoms. The summed E-state index contributed by atoms with van der Waals surface area (Å²) < 4.78 is 11.7. The molecule has 0 aliphatic heterocycles. The summed E-state index contributed by atoms with van der Waals surface area (Å²) in [6.45, 7) is 0.705. The molecule has 138 valence electrons. The maximum atomic E-state index is 5.90. The van der Waals surface area contributed by atoms with Crippen LogP contribution in [0, 0.1) is 0 Å². The van der Waals surface area contributed by atoms with Crippen molar-refractivity contribution in [2.75, 3.05) is 25.7 Å². The van der Waals surface area contributed by atoms with Gasteiger partial charge in [-0.25, -0.2) is 15.0 Å². The van der Waals surface area contributed by atoms with Gasteiger partial charge in [0.2, 0.25) is 0 Å². The molecule has 0 bridgehead atoms. The van der Waals surface area contributed by atoms with E-state index >= 15 is 0 Å². The average Bonchev–Trinajstić information content (AvgIpc) is 3.14. The van der Waals surface area contributed by atoms with Crippen molar-refractivity contribution in [2.45, 2.75) is 6.42 Å². The largest absolute Gasteiger partial charge is 0.495 e. The van der Waals surface area contributed by atoms with Crippen LogP contribution < -0.4 is 9.47 Å². The van der Waals surface area contributed by atoms with Gasteiger partial charge in [0.05, 0.1) is 25.5 Å².